The molecule has 0 atom stereocenters. The fraction of sp³-hybridized carbons (Fsp3) is 0.0714. The molecule has 4 heteroatoms. The maximum Gasteiger partial charge on any atom is 0.0543 e. The van der Waals surface area contributed by atoms with Crippen molar-refractivity contribution in [3.05, 3.63) is 55.0 Å². The highest BCUT2D eigenvalue weighted by Gasteiger charge is 1.99. The summed E-state index contributed by atoms with van der Waals surface area (Å²) in [5.74, 6) is 0. The maximum atomic E-state index is 4.14. The van der Waals surface area contributed by atoms with Gasteiger partial charge in [0.1, 0.15) is 0 Å². The number of aromatic amines is 1. The van der Waals surface area contributed by atoms with E-state index >= 15 is 0 Å². The number of fused-ring (bicyclic) bond motifs is 1. The quantitative estimate of drug-likeness (QED) is 0.733. The molecule has 0 unspecified atom stereocenters. The average Bonchev–Trinajstić information content (AvgIpc) is 3.04. The van der Waals surface area contributed by atoms with Crippen LogP contribution in [0.4, 0.5) is 5.69 Å². The minimum atomic E-state index is 0.754. The molecule has 2 N–H and O–H groups in total. The Morgan fingerprint density at radius 3 is 3.17 bits per heavy atom. The molecule has 90 valence electrons. The van der Waals surface area contributed by atoms with Crippen molar-refractivity contribution >= 4 is 22.8 Å². The fourth-order valence-electron chi connectivity index (χ4n) is 1.94. The van der Waals surface area contributed by atoms with Crippen LogP contribution in [-0.2, 0) is 6.54 Å². The minimum Gasteiger partial charge on any atom is -0.381 e. The van der Waals surface area contributed by atoms with Crippen LogP contribution in [0, 0.1) is 0 Å². The lowest BCUT2D eigenvalue weighted by Gasteiger charge is -2.04. The largest absolute Gasteiger partial charge is 0.381 e. The lowest BCUT2D eigenvalue weighted by Crippen LogP contribution is -1.97. The summed E-state index contributed by atoms with van der Waals surface area (Å²) < 4.78 is 1.70. The third kappa shape index (κ3) is 2.00. The summed E-state index contributed by atoms with van der Waals surface area (Å²) in [7, 11) is 0. The molecule has 0 saturated carbocycles. The lowest BCUT2D eigenvalue weighted by atomic mass is 10.2. The van der Waals surface area contributed by atoms with Gasteiger partial charge in [0.25, 0.3) is 0 Å². The molecule has 2 aromatic heterocycles. The van der Waals surface area contributed by atoms with E-state index in [0.29, 0.717) is 0 Å². The second kappa shape index (κ2) is 4.41. The highest BCUT2D eigenvalue weighted by molar-refractivity contribution is 5.82. The normalized spacial score (nSPS) is 10.7. The Kier molecular flexibility index (Phi) is 2.61. The molecule has 18 heavy (non-hydrogen) atoms. The highest BCUT2D eigenvalue weighted by atomic mass is 15.2. The smallest absolute Gasteiger partial charge is 0.0543 e. The number of H-pyrrole nitrogens is 1. The number of hydrogen-bond donors (Lipinski definition) is 2. The molecule has 0 aliphatic carbocycles. The molecule has 1 aromatic carbocycles. The van der Waals surface area contributed by atoms with Crippen LogP contribution in [0.25, 0.3) is 17.1 Å². The van der Waals surface area contributed by atoms with E-state index in [4.69, 9.17) is 0 Å². The summed E-state index contributed by atoms with van der Waals surface area (Å²) in [5.41, 5.74) is 3.39. The molecule has 0 aliphatic rings. The van der Waals surface area contributed by atoms with Gasteiger partial charge in [-0.15, -0.1) is 0 Å². The Balaban J connectivity index is 1.73. The van der Waals surface area contributed by atoms with Gasteiger partial charge in [0, 0.05) is 47.3 Å². The summed E-state index contributed by atoms with van der Waals surface area (Å²) in [5, 5.41) is 8.73. The van der Waals surface area contributed by atoms with Gasteiger partial charge < -0.3 is 10.3 Å². The van der Waals surface area contributed by atoms with Crippen molar-refractivity contribution in [1.82, 2.24) is 14.8 Å². The number of hydrogen-bond acceptors (Lipinski definition) is 2. The zero-order valence-electron chi connectivity index (χ0n) is 9.93. The van der Waals surface area contributed by atoms with E-state index in [-0.39, 0.29) is 0 Å². The Bertz CT molecular complexity index is 678. The standard InChI is InChI=1S/C14H14N4/c1-2-18-10-11(9-17-18)8-16-13-3-4-14-12(7-13)5-6-15-14/h2-7,9-10,15-16H,1,8H2. The van der Waals surface area contributed by atoms with Gasteiger partial charge in [0.2, 0.25) is 0 Å². The predicted octanol–water partition coefficient (Wildman–Crippen LogP) is 3.08. The highest BCUT2D eigenvalue weighted by Crippen LogP contribution is 2.18. The maximum absolute atomic E-state index is 4.14. The van der Waals surface area contributed by atoms with Gasteiger partial charge in [0.05, 0.1) is 6.20 Å². The molecule has 0 amide bonds. The van der Waals surface area contributed by atoms with Crippen LogP contribution in [0.3, 0.4) is 0 Å². The monoisotopic (exact) mass is 238 g/mol. The molecule has 0 fully saturated rings. The minimum absolute atomic E-state index is 0.754. The van der Waals surface area contributed by atoms with Gasteiger partial charge in [-0.25, -0.2) is 4.68 Å². The zero-order valence-corrected chi connectivity index (χ0v) is 9.93. The number of aromatic nitrogens is 3. The Morgan fingerprint density at radius 2 is 2.33 bits per heavy atom. The second-order valence-corrected chi connectivity index (χ2v) is 4.14. The fourth-order valence-corrected chi connectivity index (χ4v) is 1.94. The average molecular weight is 238 g/mol. The van der Waals surface area contributed by atoms with Crippen molar-refractivity contribution in [3.63, 3.8) is 0 Å². The van der Waals surface area contributed by atoms with Crippen molar-refractivity contribution in [1.29, 1.82) is 0 Å². The van der Waals surface area contributed by atoms with Gasteiger partial charge in [-0.3, -0.25) is 0 Å². The molecular formula is C14H14N4. The summed E-state index contributed by atoms with van der Waals surface area (Å²) >= 11 is 0. The summed E-state index contributed by atoms with van der Waals surface area (Å²) in [6.45, 7) is 4.42. The van der Waals surface area contributed by atoms with E-state index < -0.39 is 0 Å². The predicted molar refractivity (Wildman–Crippen MR) is 74.2 cm³/mol. The van der Waals surface area contributed by atoms with Crippen molar-refractivity contribution in [3.8, 4) is 0 Å². The van der Waals surface area contributed by atoms with Crippen LogP contribution < -0.4 is 5.32 Å². The first-order valence-corrected chi connectivity index (χ1v) is 5.82. The molecule has 0 spiro atoms. The van der Waals surface area contributed by atoms with E-state index in [1.165, 1.54) is 5.39 Å². The van der Waals surface area contributed by atoms with E-state index in [1.54, 1.807) is 10.9 Å². The first-order chi connectivity index (χ1) is 8.85. The number of rotatable bonds is 4. The second-order valence-electron chi connectivity index (χ2n) is 4.14. The van der Waals surface area contributed by atoms with Crippen LogP contribution in [0.1, 0.15) is 5.56 Å². The van der Waals surface area contributed by atoms with Gasteiger partial charge in [-0.1, -0.05) is 6.58 Å². The molecule has 2 heterocycles. The molecule has 0 bridgehead atoms. The van der Waals surface area contributed by atoms with Crippen LogP contribution in [0.15, 0.2) is 49.4 Å². The molecular weight excluding hydrogens is 224 g/mol. The van der Waals surface area contributed by atoms with Crippen molar-refractivity contribution < 1.29 is 0 Å². The molecule has 0 saturated heterocycles. The number of anilines is 1. The lowest BCUT2D eigenvalue weighted by molar-refractivity contribution is 0.936. The number of nitrogens with zero attached hydrogens (tertiary/aromatic N) is 2. The molecule has 3 aromatic rings. The van der Waals surface area contributed by atoms with Crippen molar-refractivity contribution in [2.45, 2.75) is 6.54 Å². The van der Waals surface area contributed by atoms with E-state index in [1.807, 2.05) is 18.6 Å². The summed E-state index contributed by atoms with van der Waals surface area (Å²) in [6, 6.07) is 8.33. The molecule has 0 aliphatic heterocycles. The first-order valence-electron chi connectivity index (χ1n) is 5.82. The van der Waals surface area contributed by atoms with Gasteiger partial charge >= 0.3 is 0 Å². The van der Waals surface area contributed by atoms with Crippen LogP contribution in [0.5, 0.6) is 0 Å². The SMILES string of the molecule is C=Cn1cc(CNc2ccc3[nH]ccc3c2)cn1. The van der Waals surface area contributed by atoms with Crippen LogP contribution in [0.2, 0.25) is 0 Å². The molecule has 3 rings (SSSR count). The third-order valence-corrected chi connectivity index (χ3v) is 2.89. The van der Waals surface area contributed by atoms with Gasteiger partial charge in [-0.05, 0) is 24.3 Å². The Morgan fingerprint density at radius 1 is 1.39 bits per heavy atom. The topological polar surface area (TPSA) is 45.6 Å². The van der Waals surface area contributed by atoms with Crippen molar-refractivity contribution in [2.24, 2.45) is 0 Å². The van der Waals surface area contributed by atoms with Gasteiger partial charge in [0.15, 0.2) is 0 Å². The zero-order chi connectivity index (χ0) is 12.4. The summed E-state index contributed by atoms with van der Waals surface area (Å²) in [6.07, 6.45) is 7.41. The number of nitrogens with one attached hydrogen (secondary N) is 2. The Labute approximate surface area is 105 Å². The van der Waals surface area contributed by atoms with E-state index in [9.17, 15) is 0 Å². The number of benzene rings is 1. The van der Waals surface area contributed by atoms with E-state index in [0.717, 1.165) is 23.3 Å². The molecule has 4 nitrogen and oxygen atoms in total. The molecule has 0 radical (unpaired) electrons. The van der Waals surface area contributed by atoms with Gasteiger partial charge in [-0.2, -0.15) is 5.10 Å². The van der Waals surface area contributed by atoms with Crippen molar-refractivity contribution in [2.75, 3.05) is 5.32 Å². The van der Waals surface area contributed by atoms with E-state index in [2.05, 4.69) is 46.2 Å². The van der Waals surface area contributed by atoms with Crippen LogP contribution in [-0.4, -0.2) is 14.8 Å². The first kappa shape index (κ1) is 10.7. The Hall–Kier alpha value is -2.49. The summed E-state index contributed by atoms with van der Waals surface area (Å²) in [4.78, 5) is 3.18. The third-order valence-electron chi connectivity index (χ3n) is 2.89. The van der Waals surface area contributed by atoms with Crippen LogP contribution >= 0.6 is 0 Å².